The van der Waals surface area contributed by atoms with Crippen molar-refractivity contribution >= 4 is 23.1 Å². The van der Waals surface area contributed by atoms with Gasteiger partial charge in [-0.25, -0.2) is 4.98 Å². The Morgan fingerprint density at radius 2 is 2.00 bits per heavy atom. The summed E-state index contributed by atoms with van der Waals surface area (Å²) in [5.74, 6) is 0.320. The maximum absolute atomic E-state index is 12.3. The summed E-state index contributed by atoms with van der Waals surface area (Å²) >= 11 is 0. The second-order valence-corrected chi connectivity index (χ2v) is 6.49. The molecule has 4 atom stereocenters. The number of fused-ring (bicyclic) bond motifs is 1. The van der Waals surface area contributed by atoms with Crippen molar-refractivity contribution in [1.29, 1.82) is 0 Å². The van der Waals surface area contributed by atoms with E-state index in [1.807, 2.05) is 4.90 Å². The zero-order valence-electron chi connectivity index (χ0n) is 13.9. The summed E-state index contributed by atoms with van der Waals surface area (Å²) in [5.41, 5.74) is 5.41. The van der Waals surface area contributed by atoms with Gasteiger partial charge in [0.05, 0.1) is 32.8 Å². The van der Waals surface area contributed by atoms with E-state index in [1.165, 1.54) is 4.57 Å². The molecule has 0 aliphatic carbocycles. The predicted octanol–water partition coefficient (Wildman–Crippen LogP) is -4.30. The fraction of sp³-hybridized carbons (Fsp3) is 0.643. The third kappa shape index (κ3) is 2.62. The molecule has 2 aromatic rings. The van der Waals surface area contributed by atoms with Gasteiger partial charge in [0.25, 0.3) is 5.56 Å². The van der Waals surface area contributed by atoms with Crippen LogP contribution in [-0.4, -0.2) is 85.9 Å². The van der Waals surface area contributed by atoms with Gasteiger partial charge in [-0.05, 0) is 0 Å². The molecule has 0 unspecified atom stereocenters. The molecule has 8 N–H and O–H groups in total. The predicted molar refractivity (Wildman–Crippen MR) is 89.4 cm³/mol. The van der Waals surface area contributed by atoms with E-state index in [-0.39, 0.29) is 17.1 Å². The summed E-state index contributed by atoms with van der Waals surface area (Å²) in [7, 11) is 0. The van der Waals surface area contributed by atoms with Gasteiger partial charge in [0, 0.05) is 0 Å². The van der Waals surface area contributed by atoms with Gasteiger partial charge in [0.2, 0.25) is 11.9 Å². The van der Waals surface area contributed by atoms with Crippen LogP contribution in [0.1, 0.15) is 6.23 Å². The number of nitrogen functional groups attached to an aromatic ring is 1. The first kappa shape index (κ1) is 17.2. The van der Waals surface area contributed by atoms with E-state index in [9.17, 15) is 20.1 Å². The van der Waals surface area contributed by atoms with Crippen LogP contribution in [0.4, 0.5) is 11.9 Å². The number of ether oxygens (including phenoxy) is 1. The quantitative estimate of drug-likeness (QED) is 0.312. The molecule has 12 nitrogen and oxygen atoms in total. The molecule has 0 amide bonds. The smallest absolute Gasteiger partial charge is 0.280 e. The standard InChI is InChI=1S/C14H21N7O5/c15-13-18-10-7(11(25)19-13)17-14(20-3-1-16-2-4-20)21(10)12-9(24)8(23)6(5-22)26-12/h6,8-9,12,16,22-24H,1-5H2,(H3,15,18,19,25)/p+1/t6-,8+,9+,12+/m0/s1. The van der Waals surface area contributed by atoms with Crippen molar-refractivity contribution in [3.8, 4) is 0 Å². The Morgan fingerprint density at radius 1 is 1.27 bits per heavy atom. The van der Waals surface area contributed by atoms with E-state index in [1.54, 1.807) is 0 Å². The molecule has 4 rings (SSSR count). The molecule has 2 aromatic heterocycles. The van der Waals surface area contributed by atoms with Crippen molar-refractivity contribution in [2.45, 2.75) is 24.5 Å². The molecule has 0 saturated carbocycles. The van der Waals surface area contributed by atoms with Gasteiger partial charge in [-0.2, -0.15) is 4.98 Å². The third-order valence-corrected chi connectivity index (χ3v) is 4.81. The molecule has 0 radical (unpaired) electrons. The lowest BCUT2D eigenvalue weighted by Gasteiger charge is -2.29. The maximum atomic E-state index is 12.3. The molecule has 4 heterocycles. The zero-order chi connectivity index (χ0) is 18.4. The number of aliphatic hydroxyl groups is 3. The van der Waals surface area contributed by atoms with E-state index in [0.29, 0.717) is 19.0 Å². The first-order chi connectivity index (χ1) is 12.5. The highest BCUT2D eigenvalue weighted by atomic mass is 16.6. The molecule has 0 spiro atoms. The molecular formula is C14H22N7O5+. The summed E-state index contributed by atoms with van der Waals surface area (Å²) in [6, 6.07) is 0. The molecular weight excluding hydrogens is 346 g/mol. The second kappa shape index (κ2) is 6.48. The SMILES string of the molecule is Nc1nc2c(nc(N3CC[NH2+]CC3)n2[C@@H]2O[C@@H](CO)[C@@H](O)[C@H]2O)c(=O)[nH]1. The molecule has 0 bridgehead atoms. The van der Waals surface area contributed by atoms with Crippen LogP contribution in [0.25, 0.3) is 11.2 Å². The van der Waals surface area contributed by atoms with Gasteiger partial charge in [-0.1, -0.05) is 0 Å². The number of nitrogens with two attached hydrogens (primary N) is 2. The minimum absolute atomic E-state index is 0.0708. The summed E-state index contributed by atoms with van der Waals surface area (Å²) in [5, 5.41) is 32.1. The molecule has 2 fully saturated rings. The number of nitrogens with one attached hydrogen (secondary N) is 1. The summed E-state index contributed by atoms with van der Waals surface area (Å²) < 4.78 is 7.13. The van der Waals surface area contributed by atoms with Crippen molar-refractivity contribution in [2.24, 2.45) is 0 Å². The van der Waals surface area contributed by atoms with Crippen LogP contribution in [0.5, 0.6) is 0 Å². The first-order valence-corrected chi connectivity index (χ1v) is 8.48. The average molecular weight is 368 g/mol. The minimum atomic E-state index is -1.32. The van der Waals surface area contributed by atoms with Gasteiger partial charge in [-0.15, -0.1) is 0 Å². The lowest BCUT2D eigenvalue weighted by Crippen LogP contribution is -2.89. The van der Waals surface area contributed by atoms with Crippen LogP contribution in [-0.2, 0) is 4.74 Å². The monoisotopic (exact) mass is 368 g/mol. The summed E-state index contributed by atoms with van der Waals surface area (Å²) in [6.07, 6.45) is -4.60. The molecule has 2 aliphatic rings. The maximum Gasteiger partial charge on any atom is 0.280 e. The number of anilines is 2. The largest absolute Gasteiger partial charge is 0.394 e. The number of piperazine rings is 1. The highest BCUT2D eigenvalue weighted by Gasteiger charge is 2.45. The van der Waals surface area contributed by atoms with Crippen molar-refractivity contribution in [3.63, 3.8) is 0 Å². The highest BCUT2D eigenvalue weighted by molar-refractivity contribution is 5.75. The lowest BCUT2D eigenvalue weighted by atomic mass is 10.1. The second-order valence-electron chi connectivity index (χ2n) is 6.49. The number of nitrogens with zero attached hydrogens (tertiary/aromatic N) is 4. The average Bonchev–Trinajstić information content (AvgIpc) is 3.14. The van der Waals surface area contributed by atoms with Crippen molar-refractivity contribution in [1.82, 2.24) is 19.5 Å². The number of imidazole rings is 1. The Labute approximate surface area is 147 Å². The van der Waals surface area contributed by atoms with Crippen LogP contribution in [0.2, 0.25) is 0 Å². The minimum Gasteiger partial charge on any atom is -0.394 e. The molecule has 142 valence electrons. The van der Waals surface area contributed by atoms with E-state index >= 15 is 0 Å². The number of hydrogen-bond donors (Lipinski definition) is 6. The van der Waals surface area contributed by atoms with E-state index < -0.39 is 36.7 Å². The van der Waals surface area contributed by atoms with E-state index in [4.69, 9.17) is 10.5 Å². The number of aromatic amines is 1. The Kier molecular flexibility index (Phi) is 4.28. The van der Waals surface area contributed by atoms with Gasteiger partial charge in [0.15, 0.2) is 17.4 Å². The number of quaternary nitrogens is 1. The number of aliphatic hydroxyl groups excluding tert-OH is 3. The summed E-state index contributed by atoms with van der Waals surface area (Å²) in [6.45, 7) is 2.62. The number of rotatable bonds is 3. The molecule has 26 heavy (non-hydrogen) atoms. The summed E-state index contributed by atoms with van der Waals surface area (Å²) in [4.78, 5) is 25.2. The van der Waals surface area contributed by atoms with Gasteiger partial charge in [0.1, 0.15) is 18.3 Å². The van der Waals surface area contributed by atoms with Gasteiger partial charge < -0.3 is 36.0 Å². The Hall–Kier alpha value is -2.25. The van der Waals surface area contributed by atoms with E-state index in [0.717, 1.165) is 13.1 Å². The fourth-order valence-electron chi connectivity index (χ4n) is 3.49. The van der Waals surface area contributed by atoms with Crippen molar-refractivity contribution < 1.29 is 25.4 Å². The topological polar surface area (TPSA) is 179 Å². The van der Waals surface area contributed by atoms with Crippen molar-refractivity contribution in [3.05, 3.63) is 10.4 Å². The van der Waals surface area contributed by atoms with Crippen LogP contribution in [0.3, 0.4) is 0 Å². The Morgan fingerprint density at radius 3 is 2.65 bits per heavy atom. The van der Waals surface area contributed by atoms with E-state index in [2.05, 4.69) is 20.3 Å². The Bertz CT molecular complexity index is 861. The fourth-order valence-corrected chi connectivity index (χ4v) is 3.49. The number of hydrogen-bond acceptors (Lipinski definition) is 9. The van der Waals surface area contributed by atoms with Gasteiger partial charge >= 0.3 is 0 Å². The first-order valence-electron chi connectivity index (χ1n) is 8.48. The lowest BCUT2D eigenvalue weighted by molar-refractivity contribution is -0.655. The van der Waals surface area contributed by atoms with Crippen molar-refractivity contribution in [2.75, 3.05) is 43.4 Å². The number of aromatic nitrogens is 4. The molecule has 12 heteroatoms. The number of H-pyrrole nitrogens is 1. The Balaban J connectivity index is 1.89. The molecule has 2 aliphatic heterocycles. The molecule has 0 aromatic carbocycles. The highest BCUT2D eigenvalue weighted by Crippen LogP contribution is 2.35. The van der Waals surface area contributed by atoms with Crippen LogP contribution in [0.15, 0.2) is 4.79 Å². The van der Waals surface area contributed by atoms with Crippen LogP contribution in [0, 0.1) is 0 Å². The molecule has 2 saturated heterocycles. The van der Waals surface area contributed by atoms with Crippen LogP contribution < -0.4 is 21.5 Å². The van der Waals surface area contributed by atoms with Gasteiger partial charge in [-0.3, -0.25) is 14.3 Å². The van der Waals surface area contributed by atoms with Crippen LogP contribution >= 0.6 is 0 Å². The zero-order valence-corrected chi connectivity index (χ0v) is 13.9. The normalized spacial score (nSPS) is 29.6. The third-order valence-electron chi connectivity index (χ3n) is 4.81.